The van der Waals surface area contributed by atoms with Gasteiger partial charge in [0.2, 0.25) is 0 Å². The Hall–Kier alpha value is -2.11. The number of halogens is 1. The molecule has 1 aliphatic rings. The number of amides is 1. The van der Waals surface area contributed by atoms with Crippen molar-refractivity contribution in [2.24, 2.45) is 0 Å². The average molecular weight is 625 g/mol. The third kappa shape index (κ3) is 5.57. The van der Waals surface area contributed by atoms with Crippen molar-refractivity contribution in [1.29, 1.82) is 0 Å². The SMILES string of the molecule is CCc1c(I)n(S(=O)(=O)c2ccccc2)c2cc(CN(C(=O)OC(C)(C)C)C3CCOCC3)ccc12. The number of nitrogens with zero attached hydrogens (tertiary/aromatic N) is 2. The predicted octanol–water partition coefficient (Wildman–Crippen LogP) is 5.96. The largest absolute Gasteiger partial charge is 0.444 e. The first kappa shape index (κ1) is 26.9. The molecule has 0 aliphatic carbocycles. The van der Waals surface area contributed by atoms with Gasteiger partial charge >= 0.3 is 6.09 Å². The number of hydrogen-bond acceptors (Lipinski definition) is 5. The molecule has 1 amide bonds. The summed E-state index contributed by atoms with van der Waals surface area (Å²) in [4.78, 5) is 15.2. The smallest absolute Gasteiger partial charge is 0.410 e. The quantitative estimate of drug-likeness (QED) is 0.317. The first-order valence-corrected chi connectivity index (χ1v) is 14.7. The van der Waals surface area contributed by atoms with Crippen molar-refractivity contribution in [2.45, 2.75) is 70.0 Å². The summed E-state index contributed by atoms with van der Waals surface area (Å²) in [5.74, 6) is 0. The summed E-state index contributed by atoms with van der Waals surface area (Å²) in [5, 5.41) is 0.903. The minimum absolute atomic E-state index is 0.00419. The predicted molar refractivity (Wildman–Crippen MR) is 149 cm³/mol. The fourth-order valence-corrected chi connectivity index (χ4v) is 7.72. The summed E-state index contributed by atoms with van der Waals surface area (Å²) >= 11 is 2.13. The lowest BCUT2D eigenvalue weighted by Gasteiger charge is -2.35. The maximum Gasteiger partial charge on any atom is 0.410 e. The molecule has 0 spiro atoms. The van der Waals surface area contributed by atoms with Gasteiger partial charge in [-0.15, -0.1) is 0 Å². The topological polar surface area (TPSA) is 77.8 Å². The molecule has 0 unspecified atom stereocenters. The van der Waals surface area contributed by atoms with Crippen LogP contribution in [0.4, 0.5) is 4.79 Å². The Kier molecular flexibility index (Phi) is 8.01. The fourth-order valence-electron chi connectivity index (χ4n) is 4.56. The molecule has 2 aromatic carbocycles. The highest BCUT2D eigenvalue weighted by Crippen LogP contribution is 2.33. The van der Waals surface area contributed by atoms with E-state index in [4.69, 9.17) is 9.47 Å². The van der Waals surface area contributed by atoms with E-state index < -0.39 is 15.6 Å². The monoisotopic (exact) mass is 624 g/mol. The number of hydrogen-bond donors (Lipinski definition) is 0. The lowest BCUT2D eigenvalue weighted by Crippen LogP contribution is -2.45. The zero-order valence-electron chi connectivity index (χ0n) is 21.2. The number of ether oxygens (including phenoxy) is 2. The number of carbonyl (C=O) groups is 1. The molecule has 1 fully saturated rings. The summed E-state index contributed by atoms with van der Waals surface area (Å²) in [7, 11) is -3.80. The standard InChI is InChI=1S/C27H33IN2O5S/c1-5-22-23-12-11-19(18-29(20-13-15-34-16-14-20)26(31)35-27(2,3)4)17-24(23)30(25(22)28)36(32,33)21-9-7-6-8-10-21/h6-12,17,20H,5,13-16,18H2,1-4H3. The van der Waals surface area contributed by atoms with E-state index in [2.05, 4.69) is 22.6 Å². The van der Waals surface area contributed by atoms with Crippen LogP contribution in [0.5, 0.6) is 0 Å². The van der Waals surface area contributed by atoms with Gasteiger partial charge < -0.3 is 14.4 Å². The van der Waals surface area contributed by atoms with E-state index in [0.29, 0.717) is 35.4 Å². The highest BCUT2D eigenvalue weighted by atomic mass is 127. The molecule has 7 nitrogen and oxygen atoms in total. The first-order valence-electron chi connectivity index (χ1n) is 12.2. The minimum Gasteiger partial charge on any atom is -0.444 e. The van der Waals surface area contributed by atoms with Crippen molar-refractivity contribution >= 4 is 49.6 Å². The van der Waals surface area contributed by atoms with Crippen molar-refractivity contribution in [3.8, 4) is 0 Å². The molecule has 4 rings (SSSR count). The molecule has 0 N–H and O–H groups in total. The van der Waals surface area contributed by atoms with Gasteiger partial charge in [0.1, 0.15) is 5.60 Å². The molecule has 9 heteroatoms. The molecule has 3 aromatic rings. The van der Waals surface area contributed by atoms with Crippen LogP contribution in [0, 0.1) is 3.70 Å². The van der Waals surface area contributed by atoms with Crippen molar-refractivity contribution < 1.29 is 22.7 Å². The highest BCUT2D eigenvalue weighted by molar-refractivity contribution is 14.1. The lowest BCUT2D eigenvalue weighted by molar-refractivity contribution is -0.00808. The summed E-state index contributed by atoms with van der Waals surface area (Å²) in [6, 6.07) is 14.3. The summed E-state index contributed by atoms with van der Waals surface area (Å²) in [6.07, 6.45) is 1.80. The van der Waals surface area contributed by atoms with Crippen LogP contribution in [0.15, 0.2) is 53.4 Å². The Balaban J connectivity index is 1.79. The highest BCUT2D eigenvalue weighted by Gasteiger charge is 2.31. The number of benzene rings is 2. The lowest BCUT2D eigenvalue weighted by atomic mass is 10.0. The molecular weight excluding hydrogens is 591 g/mol. The van der Waals surface area contributed by atoms with Gasteiger partial charge in [-0.3, -0.25) is 0 Å². The van der Waals surface area contributed by atoms with E-state index in [9.17, 15) is 13.2 Å². The number of aryl methyl sites for hydroxylation is 1. The van der Waals surface area contributed by atoms with E-state index in [1.54, 1.807) is 35.2 Å². The maximum absolute atomic E-state index is 13.7. The van der Waals surface area contributed by atoms with Crippen LogP contribution >= 0.6 is 22.6 Å². The van der Waals surface area contributed by atoms with Gasteiger partial charge in [0, 0.05) is 31.2 Å². The van der Waals surface area contributed by atoms with Gasteiger partial charge in [-0.2, -0.15) is 0 Å². The van der Waals surface area contributed by atoms with Crippen LogP contribution in [0.25, 0.3) is 10.9 Å². The number of carbonyl (C=O) groups excluding carboxylic acids is 1. The van der Waals surface area contributed by atoms with Crippen molar-refractivity contribution in [3.05, 3.63) is 63.4 Å². The second-order valence-corrected chi connectivity index (χ2v) is 12.8. The molecule has 194 valence electrons. The van der Waals surface area contributed by atoms with Crippen LogP contribution in [-0.2, 0) is 32.5 Å². The van der Waals surface area contributed by atoms with E-state index in [1.165, 1.54) is 3.97 Å². The van der Waals surface area contributed by atoms with Crippen LogP contribution in [0.2, 0.25) is 0 Å². The van der Waals surface area contributed by atoms with E-state index in [-0.39, 0.29) is 17.0 Å². The summed E-state index contributed by atoms with van der Waals surface area (Å²) in [5.41, 5.74) is 1.84. The Morgan fingerprint density at radius 3 is 2.42 bits per heavy atom. The van der Waals surface area contributed by atoms with Gasteiger partial charge in [-0.25, -0.2) is 17.2 Å². The zero-order valence-corrected chi connectivity index (χ0v) is 24.1. The second kappa shape index (κ2) is 10.7. The molecule has 1 aliphatic heterocycles. The van der Waals surface area contributed by atoms with Gasteiger partial charge in [-0.1, -0.05) is 37.3 Å². The summed E-state index contributed by atoms with van der Waals surface area (Å²) in [6.45, 7) is 9.11. The second-order valence-electron chi connectivity index (χ2n) is 10.0. The van der Waals surface area contributed by atoms with E-state index in [0.717, 1.165) is 29.4 Å². The average Bonchev–Trinajstić information content (AvgIpc) is 3.13. The normalized spacial score (nSPS) is 15.2. The number of fused-ring (bicyclic) bond motifs is 1. The van der Waals surface area contributed by atoms with E-state index >= 15 is 0 Å². The number of aromatic nitrogens is 1. The molecule has 0 atom stereocenters. The summed E-state index contributed by atoms with van der Waals surface area (Å²) < 4.78 is 40.8. The molecule has 2 heterocycles. The van der Waals surface area contributed by atoms with Crippen LogP contribution in [0.1, 0.15) is 51.7 Å². The fraction of sp³-hybridized carbons (Fsp3) is 0.444. The Labute approximate surface area is 226 Å². The third-order valence-electron chi connectivity index (χ3n) is 6.28. The van der Waals surface area contributed by atoms with E-state index in [1.807, 2.05) is 45.9 Å². The van der Waals surface area contributed by atoms with Crippen LogP contribution in [-0.4, -0.2) is 48.2 Å². The van der Waals surface area contributed by atoms with Crippen molar-refractivity contribution in [3.63, 3.8) is 0 Å². The maximum atomic E-state index is 13.7. The van der Waals surface area contributed by atoms with Gasteiger partial charge in [0.25, 0.3) is 10.0 Å². The van der Waals surface area contributed by atoms with Gasteiger partial charge in [0.15, 0.2) is 0 Å². The minimum atomic E-state index is -3.80. The molecular formula is C27H33IN2O5S. The first-order chi connectivity index (χ1) is 17.0. The number of rotatable bonds is 6. The molecule has 0 radical (unpaired) electrons. The van der Waals surface area contributed by atoms with Crippen LogP contribution < -0.4 is 0 Å². The Morgan fingerprint density at radius 1 is 1.14 bits per heavy atom. The Morgan fingerprint density at radius 2 is 1.81 bits per heavy atom. The third-order valence-corrected chi connectivity index (χ3v) is 9.47. The zero-order chi connectivity index (χ0) is 26.1. The van der Waals surface area contributed by atoms with Gasteiger partial charge in [-0.05, 0) is 92.0 Å². The molecule has 1 saturated heterocycles. The Bertz CT molecular complexity index is 1340. The molecule has 36 heavy (non-hydrogen) atoms. The van der Waals surface area contributed by atoms with Crippen LogP contribution in [0.3, 0.4) is 0 Å². The van der Waals surface area contributed by atoms with Gasteiger partial charge in [0.05, 0.1) is 14.1 Å². The molecule has 0 bridgehead atoms. The molecule has 1 aromatic heterocycles. The van der Waals surface area contributed by atoms with Crippen molar-refractivity contribution in [1.82, 2.24) is 8.87 Å². The molecule has 0 saturated carbocycles. The van der Waals surface area contributed by atoms with Crippen molar-refractivity contribution in [2.75, 3.05) is 13.2 Å².